The van der Waals surface area contributed by atoms with E-state index in [0.29, 0.717) is 0 Å². The summed E-state index contributed by atoms with van der Waals surface area (Å²) in [6, 6.07) is 0. The maximum atomic E-state index is 5.30. The van der Waals surface area contributed by atoms with E-state index < -0.39 is 0 Å². The first-order chi connectivity index (χ1) is 6.22. The number of rotatable bonds is 3. The van der Waals surface area contributed by atoms with Crippen LogP contribution in [0.1, 0.15) is 39.0 Å². The first-order valence-corrected chi connectivity index (χ1v) is 5.40. The number of likely N-dealkylation sites (N-methyl/N-ethyl adjacent to an activating group) is 1. The summed E-state index contributed by atoms with van der Waals surface area (Å²) >= 11 is 0. The fourth-order valence-electron chi connectivity index (χ4n) is 2.32. The van der Waals surface area contributed by atoms with E-state index in [1.807, 2.05) is 0 Å². The molecule has 0 saturated heterocycles. The predicted octanol–water partition coefficient (Wildman–Crippen LogP) is 2.19. The smallest absolute Gasteiger partial charge is 0.0644 e. The van der Waals surface area contributed by atoms with Gasteiger partial charge < -0.3 is 10.1 Å². The van der Waals surface area contributed by atoms with Crippen LogP contribution < -0.4 is 5.32 Å². The van der Waals surface area contributed by atoms with Gasteiger partial charge in [-0.2, -0.15) is 0 Å². The van der Waals surface area contributed by atoms with Crippen molar-refractivity contribution in [3.05, 3.63) is 0 Å². The lowest BCUT2D eigenvalue weighted by molar-refractivity contribution is 0.102. The van der Waals surface area contributed by atoms with Gasteiger partial charge in [0.05, 0.1) is 6.61 Å². The van der Waals surface area contributed by atoms with Crippen molar-refractivity contribution in [1.82, 2.24) is 5.32 Å². The van der Waals surface area contributed by atoms with E-state index in [9.17, 15) is 0 Å². The number of methoxy groups -OCH3 is 1. The monoisotopic (exact) mass is 185 g/mol. The number of hydrogen-bond acceptors (Lipinski definition) is 2. The standard InChI is InChI=1S/C11H23NO/c1-10-5-4-7-11(12-2,8-6-10)9-13-3/h10,12H,4-9H2,1-3H3. The summed E-state index contributed by atoms with van der Waals surface area (Å²) in [5, 5.41) is 3.45. The molecule has 1 aliphatic carbocycles. The summed E-state index contributed by atoms with van der Waals surface area (Å²) < 4.78 is 5.30. The van der Waals surface area contributed by atoms with Crippen molar-refractivity contribution in [1.29, 1.82) is 0 Å². The molecular formula is C11H23NO. The van der Waals surface area contributed by atoms with Gasteiger partial charge in [0, 0.05) is 12.6 Å². The maximum absolute atomic E-state index is 5.30. The molecule has 0 aromatic carbocycles. The van der Waals surface area contributed by atoms with Gasteiger partial charge in [-0.1, -0.05) is 19.8 Å². The van der Waals surface area contributed by atoms with E-state index in [4.69, 9.17) is 4.74 Å². The summed E-state index contributed by atoms with van der Waals surface area (Å²) in [7, 11) is 3.86. The van der Waals surface area contributed by atoms with Crippen LogP contribution in [0.15, 0.2) is 0 Å². The summed E-state index contributed by atoms with van der Waals surface area (Å²) in [6.45, 7) is 3.22. The summed E-state index contributed by atoms with van der Waals surface area (Å²) in [5.41, 5.74) is 0.263. The van der Waals surface area contributed by atoms with Crippen LogP contribution in [0.4, 0.5) is 0 Å². The number of hydrogen-bond donors (Lipinski definition) is 1. The molecule has 0 aliphatic heterocycles. The second kappa shape index (κ2) is 4.97. The molecule has 0 amide bonds. The molecule has 0 aromatic heterocycles. The van der Waals surface area contributed by atoms with Crippen LogP contribution in [0.25, 0.3) is 0 Å². The fraction of sp³-hybridized carbons (Fsp3) is 1.00. The SMILES string of the molecule is CNC1(COC)CCCC(C)CC1. The van der Waals surface area contributed by atoms with E-state index in [1.165, 1.54) is 32.1 Å². The Bertz CT molecular complexity index is 149. The quantitative estimate of drug-likeness (QED) is 0.681. The Morgan fingerprint density at radius 1 is 1.38 bits per heavy atom. The number of ether oxygens (including phenoxy) is 1. The van der Waals surface area contributed by atoms with Crippen LogP contribution in [-0.2, 0) is 4.74 Å². The third-order valence-electron chi connectivity index (χ3n) is 3.42. The highest BCUT2D eigenvalue weighted by molar-refractivity contribution is 4.89. The average Bonchev–Trinajstić information content (AvgIpc) is 2.30. The van der Waals surface area contributed by atoms with E-state index >= 15 is 0 Å². The third-order valence-corrected chi connectivity index (χ3v) is 3.42. The molecule has 2 heteroatoms. The van der Waals surface area contributed by atoms with E-state index in [0.717, 1.165) is 12.5 Å². The lowest BCUT2D eigenvalue weighted by Gasteiger charge is -2.31. The van der Waals surface area contributed by atoms with E-state index in [2.05, 4.69) is 19.3 Å². The van der Waals surface area contributed by atoms with E-state index in [1.54, 1.807) is 7.11 Å². The summed E-state index contributed by atoms with van der Waals surface area (Å²) in [6.07, 6.45) is 6.59. The minimum atomic E-state index is 0.263. The molecule has 1 fully saturated rings. The zero-order valence-electron chi connectivity index (χ0n) is 9.23. The lowest BCUT2D eigenvalue weighted by atomic mass is 9.91. The van der Waals surface area contributed by atoms with Gasteiger partial charge in [-0.05, 0) is 32.2 Å². The second-order valence-electron chi connectivity index (χ2n) is 4.50. The summed E-state index contributed by atoms with van der Waals surface area (Å²) in [5.74, 6) is 0.895. The van der Waals surface area contributed by atoms with Crippen molar-refractivity contribution in [3.63, 3.8) is 0 Å². The minimum absolute atomic E-state index is 0.263. The minimum Gasteiger partial charge on any atom is -0.383 e. The Morgan fingerprint density at radius 2 is 2.15 bits per heavy atom. The highest BCUT2D eigenvalue weighted by atomic mass is 16.5. The number of nitrogens with one attached hydrogen (secondary N) is 1. The summed E-state index contributed by atoms with van der Waals surface area (Å²) in [4.78, 5) is 0. The van der Waals surface area contributed by atoms with Gasteiger partial charge in [0.25, 0.3) is 0 Å². The Labute approximate surface area is 82.0 Å². The molecule has 1 rings (SSSR count). The molecule has 0 radical (unpaired) electrons. The van der Waals surface area contributed by atoms with Gasteiger partial charge in [-0.25, -0.2) is 0 Å². The molecule has 13 heavy (non-hydrogen) atoms. The molecule has 1 aliphatic rings. The Hall–Kier alpha value is -0.0800. The van der Waals surface area contributed by atoms with Gasteiger partial charge >= 0.3 is 0 Å². The van der Waals surface area contributed by atoms with Crippen molar-refractivity contribution in [2.75, 3.05) is 20.8 Å². The van der Waals surface area contributed by atoms with Gasteiger partial charge in [0.1, 0.15) is 0 Å². The molecule has 1 saturated carbocycles. The maximum Gasteiger partial charge on any atom is 0.0644 e. The topological polar surface area (TPSA) is 21.3 Å². The lowest BCUT2D eigenvalue weighted by Crippen LogP contribution is -2.46. The average molecular weight is 185 g/mol. The molecule has 2 unspecified atom stereocenters. The Morgan fingerprint density at radius 3 is 2.77 bits per heavy atom. The predicted molar refractivity (Wildman–Crippen MR) is 55.9 cm³/mol. The first kappa shape index (κ1) is 11.0. The Kier molecular flexibility index (Phi) is 4.20. The fourth-order valence-corrected chi connectivity index (χ4v) is 2.32. The van der Waals surface area contributed by atoms with E-state index in [-0.39, 0.29) is 5.54 Å². The van der Waals surface area contributed by atoms with Gasteiger partial charge in [0.15, 0.2) is 0 Å². The van der Waals surface area contributed by atoms with Crippen molar-refractivity contribution in [2.45, 2.75) is 44.6 Å². The molecule has 78 valence electrons. The van der Waals surface area contributed by atoms with Crippen LogP contribution in [-0.4, -0.2) is 26.3 Å². The van der Waals surface area contributed by atoms with Crippen LogP contribution in [0.2, 0.25) is 0 Å². The van der Waals surface area contributed by atoms with Gasteiger partial charge in [-0.15, -0.1) is 0 Å². The van der Waals surface area contributed by atoms with Gasteiger partial charge in [0.2, 0.25) is 0 Å². The van der Waals surface area contributed by atoms with Gasteiger partial charge in [-0.3, -0.25) is 0 Å². The molecule has 0 aromatic rings. The molecule has 2 nitrogen and oxygen atoms in total. The molecule has 1 N–H and O–H groups in total. The largest absolute Gasteiger partial charge is 0.383 e. The molecule has 2 atom stereocenters. The molecule has 0 heterocycles. The van der Waals surface area contributed by atoms with Crippen LogP contribution in [0.3, 0.4) is 0 Å². The van der Waals surface area contributed by atoms with Crippen molar-refractivity contribution in [3.8, 4) is 0 Å². The second-order valence-corrected chi connectivity index (χ2v) is 4.50. The highest BCUT2D eigenvalue weighted by Crippen LogP contribution is 2.30. The zero-order chi connectivity index (χ0) is 9.73. The zero-order valence-corrected chi connectivity index (χ0v) is 9.23. The van der Waals surface area contributed by atoms with Crippen molar-refractivity contribution in [2.24, 2.45) is 5.92 Å². The van der Waals surface area contributed by atoms with Crippen LogP contribution in [0.5, 0.6) is 0 Å². The first-order valence-electron chi connectivity index (χ1n) is 5.40. The van der Waals surface area contributed by atoms with Crippen LogP contribution in [0, 0.1) is 5.92 Å². The van der Waals surface area contributed by atoms with Crippen LogP contribution >= 0.6 is 0 Å². The van der Waals surface area contributed by atoms with Crippen molar-refractivity contribution < 1.29 is 4.74 Å². The normalized spacial score (nSPS) is 35.8. The molecule has 0 spiro atoms. The van der Waals surface area contributed by atoms with Crippen molar-refractivity contribution >= 4 is 0 Å². The highest BCUT2D eigenvalue weighted by Gasteiger charge is 2.30. The molecule has 0 bridgehead atoms. The third kappa shape index (κ3) is 2.96. The molecular weight excluding hydrogens is 162 g/mol. The Balaban J connectivity index is 2.53.